The number of hydrogen-bond donors (Lipinski definition) is 0. The van der Waals surface area contributed by atoms with Gasteiger partial charge in [-0.2, -0.15) is 5.10 Å². The summed E-state index contributed by atoms with van der Waals surface area (Å²) in [7, 11) is 0. The zero-order valence-corrected chi connectivity index (χ0v) is 15.0. The summed E-state index contributed by atoms with van der Waals surface area (Å²) in [6.45, 7) is 6.42. The largest absolute Gasteiger partial charge is 0.466 e. The highest BCUT2D eigenvalue weighted by molar-refractivity contribution is 5.77. The van der Waals surface area contributed by atoms with Crippen LogP contribution in [0.25, 0.3) is 0 Å². The average Bonchev–Trinajstić information content (AvgIpc) is 3.24. The fraction of sp³-hybridized carbons (Fsp3) is 0.632. The highest BCUT2D eigenvalue weighted by Gasteiger charge is 2.45. The molecule has 2 heterocycles. The number of likely N-dealkylation sites (tertiary alicyclic amines) is 1. The van der Waals surface area contributed by atoms with E-state index in [1.807, 2.05) is 28.8 Å². The maximum atomic E-state index is 12.6. The van der Waals surface area contributed by atoms with Gasteiger partial charge in [-0.25, -0.2) is 0 Å². The van der Waals surface area contributed by atoms with Crippen molar-refractivity contribution in [3.05, 3.63) is 30.6 Å². The van der Waals surface area contributed by atoms with Crippen LogP contribution in [0.1, 0.15) is 26.7 Å². The van der Waals surface area contributed by atoms with Crippen LogP contribution in [0.5, 0.6) is 0 Å². The number of hydrogen-bond acceptors (Lipinski definition) is 4. The minimum absolute atomic E-state index is 0.123. The van der Waals surface area contributed by atoms with Gasteiger partial charge in [-0.1, -0.05) is 19.1 Å². The first kappa shape index (κ1) is 17.7. The second kappa shape index (κ2) is 7.85. The molecule has 1 aliphatic carbocycles. The minimum Gasteiger partial charge on any atom is -0.466 e. The zero-order valence-electron chi connectivity index (χ0n) is 15.0. The van der Waals surface area contributed by atoms with Crippen LogP contribution in [-0.4, -0.2) is 46.3 Å². The molecule has 0 N–H and O–H groups in total. The van der Waals surface area contributed by atoms with Crippen LogP contribution in [0.15, 0.2) is 30.6 Å². The monoisotopic (exact) mass is 345 g/mol. The first-order valence-electron chi connectivity index (χ1n) is 9.20. The normalized spacial score (nSPS) is 28.0. The summed E-state index contributed by atoms with van der Waals surface area (Å²) in [5, 5.41) is 4.16. The van der Waals surface area contributed by atoms with Gasteiger partial charge in [0.15, 0.2) is 0 Å². The molecule has 1 aromatic heterocycles. The molecule has 0 radical (unpaired) electrons. The van der Waals surface area contributed by atoms with Gasteiger partial charge in [0, 0.05) is 38.4 Å². The van der Waals surface area contributed by atoms with Crippen molar-refractivity contribution in [2.24, 2.45) is 23.7 Å². The lowest BCUT2D eigenvalue weighted by Crippen LogP contribution is -2.37. The van der Waals surface area contributed by atoms with Crippen LogP contribution in [0.2, 0.25) is 0 Å². The molecule has 1 amide bonds. The Hall–Kier alpha value is -2.11. The zero-order chi connectivity index (χ0) is 17.8. The van der Waals surface area contributed by atoms with E-state index in [1.165, 1.54) is 0 Å². The maximum Gasteiger partial charge on any atom is 0.309 e. The number of fused-ring (bicyclic) bond motifs is 1. The van der Waals surface area contributed by atoms with Crippen molar-refractivity contribution in [2.75, 3.05) is 19.7 Å². The Labute approximate surface area is 148 Å². The van der Waals surface area contributed by atoms with Crippen molar-refractivity contribution >= 4 is 11.9 Å². The van der Waals surface area contributed by atoms with Gasteiger partial charge in [0.2, 0.25) is 5.91 Å². The van der Waals surface area contributed by atoms with Crippen molar-refractivity contribution in [1.29, 1.82) is 0 Å². The van der Waals surface area contributed by atoms with Crippen LogP contribution in [0.3, 0.4) is 0 Å². The van der Waals surface area contributed by atoms with E-state index < -0.39 is 0 Å². The van der Waals surface area contributed by atoms with Crippen LogP contribution < -0.4 is 0 Å². The molecule has 1 aromatic rings. The Bertz CT molecular complexity index is 626. The molecule has 0 spiro atoms. The number of aromatic nitrogens is 2. The standard InChI is InChI=1S/C19H27N3O3/c1-3-25-19(24)18-14(2)7-8-15-12-21(13-16(15)18)17(23)6-4-10-22-11-5-9-20-22/h5,7-9,11,14-16,18H,3-4,6,10,12-13H2,1-2H3/t14-,15-,16-,18-/m0/s1. The molecule has 1 saturated heterocycles. The second-order valence-electron chi connectivity index (χ2n) is 7.02. The highest BCUT2D eigenvalue weighted by Crippen LogP contribution is 2.40. The lowest BCUT2D eigenvalue weighted by molar-refractivity contribution is -0.152. The number of rotatable bonds is 6. The van der Waals surface area contributed by atoms with Crippen LogP contribution in [0.4, 0.5) is 0 Å². The number of esters is 1. The van der Waals surface area contributed by atoms with Crippen LogP contribution >= 0.6 is 0 Å². The van der Waals surface area contributed by atoms with E-state index in [1.54, 1.807) is 6.20 Å². The molecular weight excluding hydrogens is 318 g/mol. The van der Waals surface area contributed by atoms with E-state index in [2.05, 4.69) is 24.2 Å². The maximum absolute atomic E-state index is 12.6. The molecule has 4 atom stereocenters. The fourth-order valence-electron chi connectivity index (χ4n) is 4.08. The molecule has 0 saturated carbocycles. The number of amides is 1. The van der Waals surface area contributed by atoms with Gasteiger partial charge in [-0.15, -0.1) is 0 Å². The minimum atomic E-state index is -0.142. The predicted molar refractivity (Wildman–Crippen MR) is 93.4 cm³/mol. The molecule has 0 unspecified atom stereocenters. The molecule has 6 nitrogen and oxygen atoms in total. The Morgan fingerprint density at radius 2 is 2.12 bits per heavy atom. The Morgan fingerprint density at radius 1 is 1.28 bits per heavy atom. The summed E-state index contributed by atoms with van der Waals surface area (Å²) >= 11 is 0. The van der Waals surface area contributed by atoms with Crippen molar-refractivity contribution in [2.45, 2.75) is 33.2 Å². The molecule has 6 heteroatoms. The predicted octanol–water partition coefficient (Wildman–Crippen LogP) is 2.12. The van der Waals surface area contributed by atoms with Crippen molar-refractivity contribution < 1.29 is 14.3 Å². The quantitative estimate of drug-likeness (QED) is 0.585. The van der Waals surface area contributed by atoms with Gasteiger partial charge >= 0.3 is 5.97 Å². The molecule has 25 heavy (non-hydrogen) atoms. The summed E-state index contributed by atoms with van der Waals surface area (Å²) in [5.74, 6) is 0.509. The molecule has 136 valence electrons. The number of allylic oxidation sites excluding steroid dienone is 1. The molecule has 1 aliphatic heterocycles. The fourth-order valence-corrected chi connectivity index (χ4v) is 4.08. The Morgan fingerprint density at radius 3 is 2.84 bits per heavy atom. The number of nitrogens with zero attached hydrogens (tertiary/aromatic N) is 3. The smallest absolute Gasteiger partial charge is 0.309 e. The van der Waals surface area contributed by atoms with Crippen molar-refractivity contribution in [1.82, 2.24) is 14.7 Å². The first-order chi connectivity index (χ1) is 12.1. The number of ether oxygens (including phenoxy) is 1. The Kier molecular flexibility index (Phi) is 5.56. The molecule has 0 aromatic carbocycles. The molecule has 2 aliphatic rings. The van der Waals surface area contributed by atoms with Gasteiger partial charge in [-0.05, 0) is 37.2 Å². The highest BCUT2D eigenvalue weighted by atomic mass is 16.5. The average molecular weight is 345 g/mol. The first-order valence-corrected chi connectivity index (χ1v) is 9.20. The molecule has 0 bridgehead atoms. The van der Waals surface area contributed by atoms with Crippen molar-refractivity contribution in [3.8, 4) is 0 Å². The third-order valence-corrected chi connectivity index (χ3v) is 5.35. The number of carbonyl (C=O) groups is 2. The van der Waals surface area contributed by atoms with Crippen LogP contribution in [-0.2, 0) is 20.9 Å². The van der Waals surface area contributed by atoms with Gasteiger partial charge in [0.05, 0.1) is 12.5 Å². The molecule has 1 fully saturated rings. The second-order valence-corrected chi connectivity index (χ2v) is 7.02. The van der Waals surface area contributed by atoms with E-state index in [9.17, 15) is 9.59 Å². The Balaban J connectivity index is 1.56. The van der Waals surface area contributed by atoms with E-state index in [4.69, 9.17) is 4.74 Å². The lowest BCUT2D eigenvalue weighted by atomic mass is 9.72. The molecular formula is C19H27N3O3. The number of aryl methyl sites for hydroxylation is 1. The van der Waals surface area contributed by atoms with Crippen LogP contribution in [0, 0.1) is 23.7 Å². The van der Waals surface area contributed by atoms with Gasteiger partial charge in [-0.3, -0.25) is 14.3 Å². The van der Waals surface area contributed by atoms with Gasteiger partial charge < -0.3 is 9.64 Å². The third kappa shape index (κ3) is 3.94. The molecule has 3 rings (SSSR count). The summed E-state index contributed by atoms with van der Waals surface area (Å²) in [5.41, 5.74) is 0. The van der Waals surface area contributed by atoms with Gasteiger partial charge in [0.25, 0.3) is 0 Å². The lowest BCUT2D eigenvalue weighted by Gasteiger charge is -2.31. The SMILES string of the molecule is CCOC(=O)[C@@H]1[C@H]2CN(C(=O)CCCn3cccn3)C[C@@H]2C=C[C@@H]1C. The van der Waals surface area contributed by atoms with Gasteiger partial charge in [0.1, 0.15) is 0 Å². The van der Waals surface area contributed by atoms with Crippen molar-refractivity contribution in [3.63, 3.8) is 0 Å². The van der Waals surface area contributed by atoms with E-state index in [-0.39, 0.29) is 35.5 Å². The summed E-state index contributed by atoms with van der Waals surface area (Å²) < 4.78 is 7.12. The summed E-state index contributed by atoms with van der Waals surface area (Å²) in [4.78, 5) is 26.8. The van der Waals surface area contributed by atoms with E-state index >= 15 is 0 Å². The topological polar surface area (TPSA) is 64.4 Å². The summed E-state index contributed by atoms with van der Waals surface area (Å²) in [6, 6.07) is 1.88. The number of carbonyl (C=O) groups excluding carboxylic acids is 2. The third-order valence-electron chi connectivity index (χ3n) is 5.35. The van der Waals surface area contributed by atoms with E-state index in [0.29, 0.717) is 26.1 Å². The van der Waals surface area contributed by atoms with E-state index in [0.717, 1.165) is 13.0 Å². The summed E-state index contributed by atoms with van der Waals surface area (Å²) in [6.07, 6.45) is 9.24.